The molecule has 4 rings (SSSR count). The lowest BCUT2D eigenvalue weighted by atomic mass is 10.2. The van der Waals surface area contributed by atoms with Crippen molar-refractivity contribution in [1.82, 2.24) is 0 Å². The monoisotopic (exact) mass is 548 g/mol. The fraction of sp³-hybridized carbons (Fsp3) is 0.118. The average Bonchev–Trinajstić information content (AvgIpc) is 3.01. The molecule has 0 bridgehead atoms. The summed E-state index contributed by atoms with van der Waals surface area (Å²) in [5.74, 6) is -0.0204. The minimum atomic E-state index is -0.484. The Bertz CT molecular complexity index is 1360. The Morgan fingerprint density at radius 1 is 0.561 bits per heavy atom. The van der Waals surface area contributed by atoms with E-state index in [2.05, 4.69) is 13.2 Å². The maximum atomic E-state index is 11.4. The zero-order valence-electron chi connectivity index (χ0n) is 23.2. The standard InChI is InChI=1S/C34H32N2O5/c1-5-33(37)40-31-19-15-29(16-20-31)35(3)27-11-7-25(8-12-27)23-39-24-26-9-13-28(14-10-26)36(4)30-17-21-32(22-18-30)41-34(38)6-2/h5-22H,1-2,23-24H2,3-4H3. The van der Waals surface area contributed by atoms with Crippen LogP contribution >= 0.6 is 0 Å². The predicted octanol–water partition coefficient (Wildman–Crippen LogP) is 7.12. The molecule has 0 aliphatic rings. The van der Waals surface area contributed by atoms with Gasteiger partial charge in [0.25, 0.3) is 0 Å². The van der Waals surface area contributed by atoms with Crippen LogP contribution in [0.3, 0.4) is 0 Å². The smallest absolute Gasteiger partial charge is 0.335 e. The van der Waals surface area contributed by atoms with E-state index in [0.29, 0.717) is 24.7 Å². The van der Waals surface area contributed by atoms with Gasteiger partial charge in [0.2, 0.25) is 0 Å². The first-order valence-corrected chi connectivity index (χ1v) is 13.0. The van der Waals surface area contributed by atoms with Crippen LogP contribution in [0.15, 0.2) is 122 Å². The second kappa shape index (κ2) is 13.8. The molecule has 0 N–H and O–H groups in total. The van der Waals surface area contributed by atoms with Gasteiger partial charge in [-0.25, -0.2) is 9.59 Å². The normalized spacial score (nSPS) is 10.4. The number of carbonyl (C=O) groups excluding carboxylic acids is 2. The summed E-state index contributed by atoms with van der Waals surface area (Å²) >= 11 is 0. The van der Waals surface area contributed by atoms with Crippen LogP contribution in [0.4, 0.5) is 22.7 Å². The highest BCUT2D eigenvalue weighted by atomic mass is 16.5. The zero-order chi connectivity index (χ0) is 29.2. The van der Waals surface area contributed by atoms with E-state index in [4.69, 9.17) is 14.2 Å². The van der Waals surface area contributed by atoms with E-state index < -0.39 is 11.9 Å². The van der Waals surface area contributed by atoms with Crippen molar-refractivity contribution in [2.24, 2.45) is 0 Å². The summed E-state index contributed by atoms with van der Waals surface area (Å²) in [5, 5.41) is 0. The van der Waals surface area contributed by atoms with Crippen LogP contribution in [0.2, 0.25) is 0 Å². The lowest BCUT2D eigenvalue weighted by Gasteiger charge is -2.20. The number of benzene rings is 4. The Hall–Kier alpha value is -5.14. The highest BCUT2D eigenvalue weighted by molar-refractivity contribution is 5.84. The topological polar surface area (TPSA) is 68.3 Å². The summed E-state index contributed by atoms with van der Waals surface area (Å²) in [5.41, 5.74) is 6.13. The second-order valence-corrected chi connectivity index (χ2v) is 9.18. The minimum absolute atomic E-state index is 0.473. The van der Waals surface area contributed by atoms with E-state index in [9.17, 15) is 9.59 Å². The zero-order valence-corrected chi connectivity index (χ0v) is 23.2. The van der Waals surface area contributed by atoms with E-state index >= 15 is 0 Å². The summed E-state index contributed by atoms with van der Waals surface area (Å²) in [7, 11) is 3.96. The van der Waals surface area contributed by atoms with Crippen molar-refractivity contribution < 1.29 is 23.8 Å². The van der Waals surface area contributed by atoms with Gasteiger partial charge in [-0.05, 0) is 83.9 Å². The molecule has 0 amide bonds. The number of hydrogen-bond donors (Lipinski definition) is 0. The number of hydrogen-bond acceptors (Lipinski definition) is 7. The molecule has 4 aromatic rings. The lowest BCUT2D eigenvalue weighted by molar-refractivity contribution is -0.129. The highest BCUT2D eigenvalue weighted by Crippen LogP contribution is 2.27. The van der Waals surface area contributed by atoms with Crippen LogP contribution < -0.4 is 19.3 Å². The van der Waals surface area contributed by atoms with Gasteiger partial charge in [-0.2, -0.15) is 0 Å². The van der Waals surface area contributed by atoms with E-state index in [1.54, 1.807) is 24.3 Å². The van der Waals surface area contributed by atoms with Crippen LogP contribution in [-0.2, 0) is 27.5 Å². The molecule has 0 aromatic heterocycles. The number of ether oxygens (including phenoxy) is 3. The third-order valence-corrected chi connectivity index (χ3v) is 6.40. The summed E-state index contributed by atoms with van der Waals surface area (Å²) in [6.07, 6.45) is 2.27. The van der Waals surface area contributed by atoms with Crippen molar-refractivity contribution in [3.05, 3.63) is 133 Å². The summed E-state index contributed by atoms with van der Waals surface area (Å²) in [6.45, 7) is 7.81. The molecule has 0 aliphatic heterocycles. The molecule has 0 spiro atoms. The molecule has 0 saturated carbocycles. The van der Waals surface area contributed by atoms with Crippen molar-refractivity contribution in [2.75, 3.05) is 23.9 Å². The third-order valence-electron chi connectivity index (χ3n) is 6.40. The molecule has 0 atom stereocenters. The number of nitrogens with zero attached hydrogens (tertiary/aromatic N) is 2. The first kappa shape index (κ1) is 28.9. The number of carbonyl (C=O) groups is 2. The molecule has 0 heterocycles. The van der Waals surface area contributed by atoms with Crippen LogP contribution in [-0.4, -0.2) is 26.0 Å². The van der Waals surface area contributed by atoms with Gasteiger partial charge < -0.3 is 24.0 Å². The fourth-order valence-corrected chi connectivity index (χ4v) is 4.01. The minimum Gasteiger partial charge on any atom is -0.423 e. The molecule has 7 nitrogen and oxygen atoms in total. The number of anilines is 4. The molecule has 0 aliphatic carbocycles. The molecule has 0 fully saturated rings. The van der Waals surface area contributed by atoms with Crippen molar-refractivity contribution in [3.63, 3.8) is 0 Å². The first-order valence-electron chi connectivity index (χ1n) is 13.0. The predicted molar refractivity (Wildman–Crippen MR) is 162 cm³/mol. The lowest BCUT2D eigenvalue weighted by Crippen LogP contribution is -2.10. The van der Waals surface area contributed by atoms with Gasteiger partial charge in [0.05, 0.1) is 13.2 Å². The SMILES string of the molecule is C=CC(=O)Oc1ccc(N(C)c2ccc(COCc3ccc(N(C)c4ccc(OC(=O)C=C)cc4)cc3)cc2)cc1. The highest BCUT2D eigenvalue weighted by Gasteiger charge is 2.08. The van der Waals surface area contributed by atoms with Crippen LogP contribution in [0.5, 0.6) is 11.5 Å². The maximum absolute atomic E-state index is 11.4. The average molecular weight is 549 g/mol. The maximum Gasteiger partial charge on any atom is 0.335 e. The fourth-order valence-electron chi connectivity index (χ4n) is 4.01. The van der Waals surface area contributed by atoms with Crippen molar-refractivity contribution in [1.29, 1.82) is 0 Å². The van der Waals surface area contributed by atoms with Gasteiger partial charge in [0.1, 0.15) is 11.5 Å². The van der Waals surface area contributed by atoms with E-state index in [1.165, 1.54) is 0 Å². The van der Waals surface area contributed by atoms with Crippen molar-refractivity contribution in [3.8, 4) is 11.5 Å². The first-order chi connectivity index (χ1) is 19.9. The van der Waals surface area contributed by atoms with E-state index in [0.717, 1.165) is 46.0 Å². The van der Waals surface area contributed by atoms with Gasteiger partial charge in [-0.1, -0.05) is 37.4 Å². The van der Waals surface area contributed by atoms with Gasteiger partial charge in [-0.15, -0.1) is 0 Å². The summed E-state index contributed by atoms with van der Waals surface area (Å²) in [6, 6.07) is 31.0. The number of rotatable bonds is 12. The van der Waals surface area contributed by atoms with Crippen molar-refractivity contribution in [2.45, 2.75) is 13.2 Å². The van der Waals surface area contributed by atoms with E-state index in [1.807, 2.05) is 96.7 Å². The molecular formula is C34H32N2O5. The van der Waals surface area contributed by atoms with Crippen LogP contribution in [0, 0.1) is 0 Å². The van der Waals surface area contributed by atoms with Gasteiger partial charge in [0.15, 0.2) is 0 Å². The Labute approximate surface area is 240 Å². The van der Waals surface area contributed by atoms with E-state index in [-0.39, 0.29) is 0 Å². The van der Waals surface area contributed by atoms with Gasteiger partial charge in [0, 0.05) is 49.0 Å². The number of esters is 2. The largest absolute Gasteiger partial charge is 0.423 e. The van der Waals surface area contributed by atoms with Crippen molar-refractivity contribution >= 4 is 34.7 Å². The quantitative estimate of drug-likeness (QED) is 0.106. The molecule has 4 aromatic carbocycles. The Morgan fingerprint density at radius 3 is 1.15 bits per heavy atom. The molecule has 208 valence electrons. The summed E-state index contributed by atoms with van der Waals surface area (Å²) in [4.78, 5) is 26.8. The Balaban J connectivity index is 1.26. The Kier molecular flexibility index (Phi) is 9.70. The van der Waals surface area contributed by atoms with Crippen LogP contribution in [0.1, 0.15) is 11.1 Å². The molecule has 0 radical (unpaired) electrons. The second-order valence-electron chi connectivity index (χ2n) is 9.18. The third kappa shape index (κ3) is 7.94. The molecule has 0 saturated heterocycles. The van der Waals surface area contributed by atoms with Gasteiger partial charge in [-0.3, -0.25) is 0 Å². The molecule has 0 unspecified atom stereocenters. The molecule has 41 heavy (non-hydrogen) atoms. The Morgan fingerprint density at radius 2 is 0.854 bits per heavy atom. The van der Waals surface area contributed by atoms with Gasteiger partial charge >= 0.3 is 11.9 Å². The summed E-state index contributed by atoms with van der Waals surface area (Å²) < 4.78 is 16.2. The molecular weight excluding hydrogens is 516 g/mol. The molecule has 7 heteroatoms. The van der Waals surface area contributed by atoms with Crippen LogP contribution in [0.25, 0.3) is 0 Å².